The Labute approximate surface area is 140 Å². The van der Waals surface area contributed by atoms with Crippen molar-refractivity contribution in [3.05, 3.63) is 42.0 Å². The molecule has 0 spiro atoms. The van der Waals surface area contributed by atoms with Gasteiger partial charge in [0.1, 0.15) is 12.1 Å². The summed E-state index contributed by atoms with van der Waals surface area (Å²) in [5.41, 5.74) is 7.12. The minimum atomic E-state index is -0.304. The van der Waals surface area contributed by atoms with E-state index in [1.54, 1.807) is 32.2 Å². The van der Waals surface area contributed by atoms with Gasteiger partial charge in [-0.1, -0.05) is 6.92 Å². The van der Waals surface area contributed by atoms with Gasteiger partial charge in [-0.15, -0.1) is 12.4 Å². The van der Waals surface area contributed by atoms with E-state index in [9.17, 15) is 9.18 Å². The number of nitrogens with one attached hydrogen (secondary N) is 1. The lowest BCUT2D eigenvalue weighted by atomic mass is 10.0. The van der Waals surface area contributed by atoms with E-state index >= 15 is 0 Å². The number of carbonyl (C=O) groups is 1. The Bertz CT molecular complexity index is 629. The molecule has 0 aliphatic carbocycles. The predicted molar refractivity (Wildman–Crippen MR) is 88.7 cm³/mol. The van der Waals surface area contributed by atoms with Crippen LogP contribution >= 0.6 is 12.4 Å². The van der Waals surface area contributed by atoms with E-state index in [-0.39, 0.29) is 36.1 Å². The standard InChI is InChI=1S/C16H20FN3O2.ClH/c1-10(11(2)18)15(21)19-8-7-14-9-22-16(20-14)12-3-5-13(17)6-4-12;/h3-6,9-11H,7-8,18H2,1-2H3,(H,19,21);1H. The average Bonchev–Trinajstić information content (AvgIpc) is 2.95. The third-order valence-electron chi connectivity index (χ3n) is 3.53. The molecule has 23 heavy (non-hydrogen) atoms. The SMILES string of the molecule is CC(N)C(C)C(=O)NCCc1coc(-c2ccc(F)cc2)n1.Cl. The van der Waals surface area contributed by atoms with Crippen molar-refractivity contribution < 1.29 is 13.6 Å². The maximum Gasteiger partial charge on any atom is 0.226 e. The summed E-state index contributed by atoms with van der Waals surface area (Å²) in [5.74, 6) is -0.170. The fourth-order valence-electron chi connectivity index (χ4n) is 1.86. The zero-order chi connectivity index (χ0) is 16.1. The van der Waals surface area contributed by atoms with Crippen molar-refractivity contribution in [1.82, 2.24) is 10.3 Å². The highest BCUT2D eigenvalue weighted by Crippen LogP contribution is 2.18. The van der Waals surface area contributed by atoms with Crippen molar-refractivity contribution in [3.8, 4) is 11.5 Å². The smallest absolute Gasteiger partial charge is 0.226 e. The fraction of sp³-hybridized carbons (Fsp3) is 0.375. The number of benzene rings is 1. The number of nitrogens with zero attached hydrogens (tertiary/aromatic N) is 1. The highest BCUT2D eigenvalue weighted by atomic mass is 35.5. The largest absolute Gasteiger partial charge is 0.444 e. The quantitative estimate of drug-likeness (QED) is 0.846. The van der Waals surface area contributed by atoms with Crippen molar-refractivity contribution in [1.29, 1.82) is 0 Å². The van der Waals surface area contributed by atoms with Crippen LogP contribution in [-0.2, 0) is 11.2 Å². The van der Waals surface area contributed by atoms with E-state index in [1.807, 2.05) is 0 Å². The van der Waals surface area contributed by atoms with Crippen LogP contribution in [0.4, 0.5) is 4.39 Å². The normalized spacial score (nSPS) is 13.0. The van der Waals surface area contributed by atoms with Crippen molar-refractivity contribution in [2.45, 2.75) is 26.3 Å². The van der Waals surface area contributed by atoms with E-state index in [0.717, 1.165) is 5.69 Å². The van der Waals surface area contributed by atoms with Gasteiger partial charge >= 0.3 is 0 Å². The van der Waals surface area contributed by atoms with Crippen LogP contribution in [-0.4, -0.2) is 23.5 Å². The van der Waals surface area contributed by atoms with Gasteiger partial charge in [0.25, 0.3) is 0 Å². The summed E-state index contributed by atoms with van der Waals surface area (Å²) in [6, 6.07) is 5.75. The zero-order valence-electron chi connectivity index (χ0n) is 13.1. The second-order valence-corrected chi connectivity index (χ2v) is 5.34. The zero-order valence-corrected chi connectivity index (χ0v) is 13.9. The molecular formula is C16H21ClFN3O2. The summed E-state index contributed by atoms with van der Waals surface area (Å²) in [4.78, 5) is 16.1. The van der Waals surface area contributed by atoms with Gasteiger partial charge < -0.3 is 15.5 Å². The number of oxazole rings is 1. The van der Waals surface area contributed by atoms with Crippen LogP contribution in [0.3, 0.4) is 0 Å². The molecular weight excluding hydrogens is 321 g/mol. The van der Waals surface area contributed by atoms with E-state index in [2.05, 4.69) is 10.3 Å². The molecule has 7 heteroatoms. The summed E-state index contributed by atoms with van der Waals surface area (Å²) in [6.07, 6.45) is 2.10. The molecule has 2 unspecified atom stereocenters. The first-order valence-corrected chi connectivity index (χ1v) is 7.21. The topological polar surface area (TPSA) is 81.2 Å². The van der Waals surface area contributed by atoms with Crippen molar-refractivity contribution in [3.63, 3.8) is 0 Å². The lowest BCUT2D eigenvalue weighted by Gasteiger charge is -2.14. The molecule has 0 fully saturated rings. The Kier molecular flexibility index (Phi) is 7.19. The van der Waals surface area contributed by atoms with Crippen molar-refractivity contribution >= 4 is 18.3 Å². The van der Waals surface area contributed by atoms with Crippen LogP contribution in [0.1, 0.15) is 19.5 Å². The second-order valence-electron chi connectivity index (χ2n) is 5.34. The number of hydrogen-bond donors (Lipinski definition) is 2. The van der Waals surface area contributed by atoms with Gasteiger partial charge in [0, 0.05) is 30.5 Å². The Hall–Kier alpha value is -1.92. The molecule has 2 rings (SSSR count). The molecule has 0 aliphatic heterocycles. The number of aromatic nitrogens is 1. The van der Waals surface area contributed by atoms with Crippen LogP contribution in [0.5, 0.6) is 0 Å². The van der Waals surface area contributed by atoms with Crippen molar-refractivity contribution in [2.75, 3.05) is 6.54 Å². The van der Waals surface area contributed by atoms with Gasteiger partial charge in [0.2, 0.25) is 11.8 Å². The highest BCUT2D eigenvalue weighted by molar-refractivity contribution is 5.85. The molecule has 126 valence electrons. The molecule has 0 radical (unpaired) electrons. The third kappa shape index (κ3) is 5.33. The van der Waals surface area contributed by atoms with Crippen LogP contribution < -0.4 is 11.1 Å². The molecule has 5 nitrogen and oxygen atoms in total. The summed E-state index contributed by atoms with van der Waals surface area (Å²) < 4.78 is 18.2. The van der Waals surface area contributed by atoms with E-state index in [0.29, 0.717) is 24.4 Å². The van der Waals surface area contributed by atoms with Gasteiger partial charge in [-0.2, -0.15) is 0 Å². The van der Waals surface area contributed by atoms with Gasteiger partial charge in [-0.05, 0) is 31.2 Å². The Morgan fingerprint density at radius 1 is 1.35 bits per heavy atom. The Balaban J connectivity index is 0.00000264. The van der Waals surface area contributed by atoms with Crippen LogP contribution in [0.25, 0.3) is 11.5 Å². The minimum Gasteiger partial charge on any atom is -0.444 e. The highest BCUT2D eigenvalue weighted by Gasteiger charge is 2.16. The lowest BCUT2D eigenvalue weighted by molar-refractivity contribution is -0.124. The molecule has 3 N–H and O–H groups in total. The van der Waals surface area contributed by atoms with Crippen LogP contribution in [0, 0.1) is 11.7 Å². The molecule has 2 atom stereocenters. The van der Waals surface area contributed by atoms with Crippen LogP contribution in [0.15, 0.2) is 34.9 Å². The van der Waals surface area contributed by atoms with E-state index in [4.69, 9.17) is 10.2 Å². The maximum atomic E-state index is 12.9. The Morgan fingerprint density at radius 2 is 2.00 bits per heavy atom. The van der Waals surface area contributed by atoms with Crippen LogP contribution in [0.2, 0.25) is 0 Å². The Morgan fingerprint density at radius 3 is 2.61 bits per heavy atom. The van der Waals surface area contributed by atoms with E-state index in [1.165, 1.54) is 12.1 Å². The van der Waals surface area contributed by atoms with Crippen molar-refractivity contribution in [2.24, 2.45) is 11.7 Å². The number of amides is 1. The molecule has 1 heterocycles. The number of nitrogens with two attached hydrogens (primary N) is 1. The molecule has 1 amide bonds. The molecule has 2 aromatic rings. The minimum absolute atomic E-state index is 0. The third-order valence-corrected chi connectivity index (χ3v) is 3.53. The monoisotopic (exact) mass is 341 g/mol. The molecule has 0 bridgehead atoms. The molecule has 1 aromatic carbocycles. The first-order valence-electron chi connectivity index (χ1n) is 7.21. The molecule has 0 saturated heterocycles. The number of halogens is 2. The van der Waals surface area contributed by atoms with Gasteiger partial charge in [-0.3, -0.25) is 4.79 Å². The van der Waals surface area contributed by atoms with E-state index < -0.39 is 0 Å². The average molecular weight is 342 g/mol. The first kappa shape index (κ1) is 19.1. The first-order chi connectivity index (χ1) is 10.5. The summed E-state index contributed by atoms with van der Waals surface area (Å²) in [6.45, 7) is 4.06. The maximum absolute atomic E-state index is 12.9. The van der Waals surface area contributed by atoms with Gasteiger partial charge in [0.15, 0.2) is 0 Å². The summed E-state index contributed by atoms with van der Waals surface area (Å²) in [7, 11) is 0. The number of rotatable bonds is 6. The van der Waals surface area contributed by atoms with Gasteiger partial charge in [0.05, 0.1) is 5.69 Å². The summed E-state index contributed by atoms with van der Waals surface area (Å²) >= 11 is 0. The molecule has 0 saturated carbocycles. The lowest BCUT2D eigenvalue weighted by Crippen LogP contribution is -2.39. The molecule has 1 aromatic heterocycles. The van der Waals surface area contributed by atoms with Gasteiger partial charge in [-0.25, -0.2) is 9.37 Å². The predicted octanol–water partition coefficient (Wildman–Crippen LogP) is 2.54. The number of hydrogen-bond acceptors (Lipinski definition) is 4. The molecule has 0 aliphatic rings. The number of carbonyl (C=O) groups excluding carboxylic acids is 1. The second kappa shape index (κ2) is 8.64. The summed E-state index contributed by atoms with van der Waals surface area (Å²) in [5, 5.41) is 2.82. The fourth-order valence-corrected chi connectivity index (χ4v) is 1.86.